The van der Waals surface area contributed by atoms with Gasteiger partial charge >= 0.3 is 11.9 Å². The third-order valence-electron chi connectivity index (χ3n) is 3.68. The number of para-hydroxylation sites is 1. The van der Waals surface area contributed by atoms with Gasteiger partial charge < -0.3 is 18.9 Å². The molecular formula is C20H22O6. The Morgan fingerprint density at radius 2 is 1.42 bits per heavy atom. The molecule has 6 nitrogen and oxygen atoms in total. The van der Waals surface area contributed by atoms with E-state index in [4.69, 9.17) is 18.9 Å². The first-order valence-electron chi connectivity index (χ1n) is 8.31. The molecule has 0 heterocycles. The van der Waals surface area contributed by atoms with Crippen LogP contribution in [-0.4, -0.2) is 32.8 Å². The van der Waals surface area contributed by atoms with Crippen LogP contribution < -0.4 is 14.2 Å². The zero-order valence-corrected chi connectivity index (χ0v) is 15.1. The minimum Gasteiger partial charge on any atom is -0.493 e. The summed E-state index contributed by atoms with van der Waals surface area (Å²) in [6.07, 6.45) is 1.67. The van der Waals surface area contributed by atoms with Crippen LogP contribution >= 0.6 is 0 Å². The van der Waals surface area contributed by atoms with E-state index in [0.29, 0.717) is 18.1 Å². The average molecular weight is 358 g/mol. The number of methoxy groups -OCH3 is 2. The highest BCUT2D eigenvalue weighted by atomic mass is 16.6. The number of unbranched alkanes of at least 4 members (excludes halogenated alkanes) is 1. The van der Waals surface area contributed by atoms with Gasteiger partial charge in [0.25, 0.3) is 0 Å². The summed E-state index contributed by atoms with van der Waals surface area (Å²) in [5.74, 6) is -0.410. The Morgan fingerprint density at radius 3 is 1.96 bits per heavy atom. The molecule has 0 aliphatic rings. The number of benzene rings is 2. The predicted molar refractivity (Wildman–Crippen MR) is 96.1 cm³/mol. The molecule has 0 aromatic heterocycles. The van der Waals surface area contributed by atoms with Crippen molar-refractivity contribution in [3.63, 3.8) is 0 Å². The van der Waals surface area contributed by atoms with Crippen molar-refractivity contribution < 1.29 is 28.5 Å². The number of ether oxygens (including phenoxy) is 4. The van der Waals surface area contributed by atoms with Crippen molar-refractivity contribution in [3.8, 4) is 17.2 Å². The number of esters is 2. The first-order chi connectivity index (χ1) is 12.6. The van der Waals surface area contributed by atoms with E-state index in [1.807, 2.05) is 6.92 Å². The second kappa shape index (κ2) is 9.46. The van der Waals surface area contributed by atoms with Gasteiger partial charge in [-0.3, -0.25) is 0 Å². The van der Waals surface area contributed by atoms with Crippen molar-refractivity contribution >= 4 is 11.9 Å². The largest absolute Gasteiger partial charge is 0.493 e. The number of hydrogen-bond donors (Lipinski definition) is 0. The van der Waals surface area contributed by atoms with Gasteiger partial charge in [0, 0.05) is 0 Å². The van der Waals surface area contributed by atoms with Gasteiger partial charge in [0.1, 0.15) is 0 Å². The normalized spacial score (nSPS) is 10.1. The number of rotatable bonds is 8. The van der Waals surface area contributed by atoms with E-state index in [-0.39, 0.29) is 16.9 Å². The van der Waals surface area contributed by atoms with Crippen molar-refractivity contribution in [3.05, 3.63) is 53.6 Å². The molecule has 0 saturated heterocycles. The molecule has 2 aromatic rings. The Bertz CT molecular complexity index is 746. The third kappa shape index (κ3) is 4.53. The van der Waals surface area contributed by atoms with Gasteiger partial charge in [-0.1, -0.05) is 31.5 Å². The van der Waals surface area contributed by atoms with Crippen LogP contribution in [0.15, 0.2) is 42.5 Å². The minimum atomic E-state index is -0.698. The van der Waals surface area contributed by atoms with E-state index >= 15 is 0 Å². The highest BCUT2D eigenvalue weighted by Crippen LogP contribution is 2.37. The van der Waals surface area contributed by atoms with Crippen molar-refractivity contribution in [1.82, 2.24) is 0 Å². The molecule has 0 N–H and O–H groups in total. The van der Waals surface area contributed by atoms with Gasteiger partial charge in [-0.15, -0.1) is 0 Å². The molecule has 2 rings (SSSR count). The summed E-state index contributed by atoms with van der Waals surface area (Å²) >= 11 is 0. The van der Waals surface area contributed by atoms with E-state index in [1.54, 1.807) is 30.3 Å². The zero-order chi connectivity index (χ0) is 18.9. The predicted octanol–water partition coefficient (Wildman–Crippen LogP) is 3.88. The van der Waals surface area contributed by atoms with Crippen molar-refractivity contribution in [2.45, 2.75) is 19.8 Å². The fourth-order valence-corrected chi connectivity index (χ4v) is 2.29. The van der Waals surface area contributed by atoms with Crippen molar-refractivity contribution in [2.24, 2.45) is 0 Å². The Hall–Kier alpha value is -3.02. The summed E-state index contributed by atoms with van der Waals surface area (Å²) in [5, 5.41) is 0. The number of hydrogen-bond acceptors (Lipinski definition) is 6. The fourth-order valence-electron chi connectivity index (χ4n) is 2.29. The summed E-state index contributed by atoms with van der Waals surface area (Å²) in [7, 11) is 2.93. The van der Waals surface area contributed by atoms with Gasteiger partial charge in [-0.25, -0.2) is 9.59 Å². The molecular weight excluding hydrogens is 336 g/mol. The lowest BCUT2D eigenvalue weighted by Gasteiger charge is -2.14. The lowest BCUT2D eigenvalue weighted by Crippen LogP contribution is -2.16. The molecule has 2 aromatic carbocycles. The highest BCUT2D eigenvalue weighted by molar-refractivity contribution is 6.04. The monoisotopic (exact) mass is 358 g/mol. The molecule has 0 atom stereocenters. The standard InChI is InChI=1S/C20H22O6/c1-4-5-13-25-19(21)14-9-6-7-10-15(14)20(22)26-18-16(23-2)11-8-12-17(18)24-3/h6-12H,4-5,13H2,1-3H3. The van der Waals surface area contributed by atoms with Crippen molar-refractivity contribution in [2.75, 3.05) is 20.8 Å². The maximum atomic E-state index is 12.7. The van der Waals surface area contributed by atoms with E-state index in [0.717, 1.165) is 12.8 Å². The molecule has 0 saturated carbocycles. The summed E-state index contributed by atoms with van der Waals surface area (Å²) in [6.45, 7) is 2.30. The molecule has 0 unspecified atom stereocenters. The lowest BCUT2D eigenvalue weighted by molar-refractivity contribution is 0.0491. The quantitative estimate of drug-likeness (QED) is 0.405. The summed E-state index contributed by atoms with van der Waals surface area (Å²) in [6, 6.07) is 11.4. The van der Waals surface area contributed by atoms with Gasteiger partial charge in [-0.05, 0) is 30.7 Å². The number of carbonyl (C=O) groups is 2. The number of carbonyl (C=O) groups excluding carboxylic acids is 2. The van der Waals surface area contributed by atoms with Gasteiger partial charge in [0.2, 0.25) is 5.75 Å². The molecule has 0 fully saturated rings. The Kier molecular flexibility index (Phi) is 7.02. The van der Waals surface area contributed by atoms with Crippen molar-refractivity contribution in [1.29, 1.82) is 0 Å². The maximum absolute atomic E-state index is 12.7. The molecule has 26 heavy (non-hydrogen) atoms. The van der Waals surface area contributed by atoms with Gasteiger partial charge in [0.05, 0.1) is 32.0 Å². The average Bonchev–Trinajstić information content (AvgIpc) is 2.68. The molecule has 0 aliphatic heterocycles. The summed E-state index contributed by atoms with van der Waals surface area (Å²) in [5.41, 5.74) is 0.268. The van der Waals surface area contributed by atoms with Crippen LogP contribution in [0.4, 0.5) is 0 Å². The second-order valence-corrected chi connectivity index (χ2v) is 5.42. The van der Waals surface area contributed by atoms with E-state index in [1.165, 1.54) is 26.4 Å². The van der Waals surface area contributed by atoms with Crippen LogP contribution in [0.25, 0.3) is 0 Å². The van der Waals surface area contributed by atoms with Crippen LogP contribution in [0, 0.1) is 0 Å². The Labute approximate surface area is 152 Å². The third-order valence-corrected chi connectivity index (χ3v) is 3.68. The molecule has 0 bridgehead atoms. The van der Waals surface area contributed by atoms with E-state index < -0.39 is 11.9 Å². The van der Waals surface area contributed by atoms with Crippen LogP contribution in [0.3, 0.4) is 0 Å². The van der Waals surface area contributed by atoms with Crippen LogP contribution in [0.2, 0.25) is 0 Å². The van der Waals surface area contributed by atoms with Crippen LogP contribution in [0.5, 0.6) is 17.2 Å². The first-order valence-corrected chi connectivity index (χ1v) is 8.31. The van der Waals surface area contributed by atoms with Crippen LogP contribution in [0.1, 0.15) is 40.5 Å². The van der Waals surface area contributed by atoms with E-state index in [9.17, 15) is 9.59 Å². The van der Waals surface area contributed by atoms with E-state index in [2.05, 4.69) is 0 Å². The molecule has 0 spiro atoms. The molecule has 0 amide bonds. The molecule has 0 radical (unpaired) electrons. The summed E-state index contributed by atoms with van der Waals surface area (Å²) in [4.78, 5) is 24.9. The van der Waals surface area contributed by atoms with Crippen LogP contribution in [-0.2, 0) is 4.74 Å². The Morgan fingerprint density at radius 1 is 0.846 bits per heavy atom. The minimum absolute atomic E-state index is 0.113. The molecule has 6 heteroatoms. The lowest BCUT2D eigenvalue weighted by atomic mass is 10.1. The van der Waals surface area contributed by atoms with Gasteiger partial charge in [-0.2, -0.15) is 0 Å². The second-order valence-electron chi connectivity index (χ2n) is 5.42. The molecule has 138 valence electrons. The smallest absolute Gasteiger partial charge is 0.344 e. The topological polar surface area (TPSA) is 71.1 Å². The maximum Gasteiger partial charge on any atom is 0.344 e. The fraction of sp³-hybridized carbons (Fsp3) is 0.300. The first kappa shape index (κ1) is 19.3. The zero-order valence-electron chi connectivity index (χ0n) is 15.1. The highest BCUT2D eigenvalue weighted by Gasteiger charge is 2.22. The summed E-state index contributed by atoms with van der Waals surface area (Å²) < 4.78 is 21.1. The van der Waals surface area contributed by atoms with Gasteiger partial charge in [0.15, 0.2) is 11.5 Å². The SMILES string of the molecule is CCCCOC(=O)c1ccccc1C(=O)Oc1c(OC)cccc1OC. The molecule has 0 aliphatic carbocycles. The Balaban J connectivity index is 2.27.